The van der Waals surface area contributed by atoms with Gasteiger partial charge in [0, 0.05) is 30.7 Å². The molecule has 1 aliphatic heterocycles. The Hall–Kier alpha value is -3.74. The first kappa shape index (κ1) is 55.6. The number of carbonyl (C=O) groups excluding carboxylic acids is 3. The van der Waals surface area contributed by atoms with Crippen LogP contribution in [-0.4, -0.2) is 123 Å². The van der Waals surface area contributed by atoms with Crippen molar-refractivity contribution in [1.82, 2.24) is 30.2 Å². The Labute approximate surface area is 378 Å². The van der Waals surface area contributed by atoms with Gasteiger partial charge in [0.1, 0.15) is 36.3 Å². The minimum atomic E-state index is -5.58. The van der Waals surface area contributed by atoms with Crippen molar-refractivity contribution >= 4 is 69.1 Å². The Morgan fingerprint density at radius 3 is 2.25 bits per heavy atom. The van der Waals surface area contributed by atoms with Crippen LogP contribution < -0.4 is 16.4 Å². The van der Waals surface area contributed by atoms with E-state index in [1.807, 2.05) is 12.2 Å². The number of nitrogen functional groups attached to an aromatic ring is 1. The number of aromatic nitrogens is 4. The van der Waals surface area contributed by atoms with Gasteiger partial charge in [0.25, 0.3) is 0 Å². The van der Waals surface area contributed by atoms with Crippen molar-refractivity contribution in [2.75, 3.05) is 37.8 Å². The molecular weight excluding hydrogens is 939 g/mol. The quantitative estimate of drug-likeness (QED) is 0.0194. The number of phosphoric ester groups is 3. The molecule has 0 saturated carbocycles. The number of ether oxygens (including phenoxy) is 1. The third kappa shape index (κ3) is 19.9. The zero-order valence-corrected chi connectivity index (χ0v) is 39.2. The molecule has 3 heterocycles. The summed E-state index contributed by atoms with van der Waals surface area (Å²) in [5.41, 5.74) is 4.26. The van der Waals surface area contributed by atoms with Crippen LogP contribution in [0.5, 0.6) is 0 Å². The standard InChI is InChI=1S/C37H56N7O17P3S/c1-4-5-6-7-8-9-10-11-12-13-14-15-16-17-28(46)65-21-20-39-27(45)18-19-40-35(49)32(48)37(2,3)23-58-64(55,56)61-63(53,54)57-22-26-31(60-62(50,51)52)30(47)36(59-26)44-25-43-29-33(38)41-24-42-34(29)44/h5-6,8-9,11-12,14-17,24-26,30-32,36,47-48H,4,7,10,13,18-23H2,1-3H3,(H,39,45)(H,40,49)(H,53,54)(H,55,56)(H2,38,41,42)(H2,50,51,52)/b6-5-,9-8-,12-11-,15-14-,17-16+/t26-,30-,31-,32+,36-/m1/s1. The van der Waals surface area contributed by atoms with Gasteiger partial charge in [-0.25, -0.2) is 28.6 Å². The predicted molar refractivity (Wildman–Crippen MR) is 237 cm³/mol. The van der Waals surface area contributed by atoms with Gasteiger partial charge in [0.05, 0.1) is 19.5 Å². The highest BCUT2D eigenvalue weighted by Crippen LogP contribution is 2.61. The summed E-state index contributed by atoms with van der Waals surface area (Å²) >= 11 is 1.01. The Morgan fingerprint density at radius 2 is 1.58 bits per heavy atom. The lowest BCUT2D eigenvalue weighted by Gasteiger charge is -2.30. The second-order valence-corrected chi connectivity index (χ2v) is 19.9. The minimum absolute atomic E-state index is 0.0282. The number of thioether (sulfide) groups is 1. The van der Waals surface area contributed by atoms with Gasteiger partial charge >= 0.3 is 23.5 Å². The summed E-state index contributed by atoms with van der Waals surface area (Å²) in [6.45, 7) is 2.52. The highest BCUT2D eigenvalue weighted by atomic mass is 32.2. The van der Waals surface area contributed by atoms with Crippen LogP contribution in [0.4, 0.5) is 5.82 Å². The van der Waals surface area contributed by atoms with Gasteiger partial charge < -0.3 is 50.9 Å². The first-order chi connectivity index (χ1) is 30.6. The fourth-order valence-corrected chi connectivity index (χ4v) is 8.91. The fraction of sp³-hybridized carbons (Fsp3) is 0.514. The number of imidazole rings is 1. The van der Waals surface area contributed by atoms with Crippen molar-refractivity contribution in [2.24, 2.45) is 5.41 Å². The van der Waals surface area contributed by atoms with Crippen molar-refractivity contribution in [3.05, 3.63) is 73.4 Å². The normalized spacial score (nSPS) is 20.9. The summed E-state index contributed by atoms with van der Waals surface area (Å²) < 4.78 is 62.3. The summed E-state index contributed by atoms with van der Waals surface area (Å²) in [6.07, 6.45) is 15.9. The van der Waals surface area contributed by atoms with E-state index in [4.69, 9.17) is 19.5 Å². The van der Waals surface area contributed by atoms with Gasteiger partial charge in [0.2, 0.25) is 16.9 Å². The number of nitrogens with two attached hydrogens (primary N) is 1. The molecule has 0 aliphatic carbocycles. The van der Waals surface area contributed by atoms with E-state index in [9.17, 15) is 57.9 Å². The Balaban J connectivity index is 1.37. The van der Waals surface area contributed by atoms with E-state index < -0.39 is 84.6 Å². The molecule has 1 aliphatic rings. The maximum Gasteiger partial charge on any atom is 0.481 e. The number of nitrogens with one attached hydrogen (secondary N) is 2. The van der Waals surface area contributed by atoms with Crippen LogP contribution in [0.2, 0.25) is 0 Å². The predicted octanol–water partition coefficient (Wildman–Crippen LogP) is 3.03. The molecule has 7 atom stereocenters. The Kier molecular flexibility index (Phi) is 22.7. The maximum absolute atomic E-state index is 12.7. The fourth-order valence-electron chi connectivity index (χ4n) is 5.50. The second kappa shape index (κ2) is 26.6. The maximum atomic E-state index is 12.7. The molecule has 65 heavy (non-hydrogen) atoms. The number of nitrogens with zero attached hydrogens (tertiary/aromatic N) is 4. The number of hydrogen-bond acceptors (Lipinski definition) is 18. The largest absolute Gasteiger partial charge is 0.481 e. The van der Waals surface area contributed by atoms with Gasteiger partial charge in [-0.1, -0.05) is 87.2 Å². The van der Waals surface area contributed by atoms with Gasteiger partial charge in [0.15, 0.2) is 17.7 Å². The molecular formula is C37H56N7O17P3S. The number of carbonyl (C=O) groups is 3. The van der Waals surface area contributed by atoms with Crippen LogP contribution in [-0.2, 0) is 50.7 Å². The lowest BCUT2D eigenvalue weighted by molar-refractivity contribution is -0.137. The van der Waals surface area contributed by atoms with Crippen LogP contribution >= 0.6 is 35.2 Å². The zero-order valence-electron chi connectivity index (χ0n) is 35.7. The summed E-state index contributed by atoms with van der Waals surface area (Å²) in [7, 11) is -16.4. The highest BCUT2D eigenvalue weighted by molar-refractivity contribution is 8.14. The number of hydrogen-bond donors (Lipinski definition) is 9. The highest BCUT2D eigenvalue weighted by Gasteiger charge is 2.50. The average molecular weight is 996 g/mol. The SMILES string of the molecule is CC/C=C\C/C=C\C/C=C\C/C=C\C=C\C(=O)SCCNC(=O)CCNC(=O)[C@H](O)C(C)(C)COP(=O)(O)OP(=O)(O)OC[C@H]1O[C@@H](n2cnc3c(N)ncnc32)[C@H](O)[C@@H]1OP(=O)(O)O. The van der Waals surface area contributed by atoms with Crippen LogP contribution in [0.1, 0.15) is 59.1 Å². The van der Waals surface area contributed by atoms with Gasteiger partial charge in [-0.2, -0.15) is 4.31 Å². The summed E-state index contributed by atoms with van der Waals surface area (Å²) in [6, 6.07) is 0. The van der Waals surface area contributed by atoms with Crippen molar-refractivity contribution in [3.8, 4) is 0 Å². The molecule has 0 aromatic carbocycles. The third-order valence-corrected chi connectivity index (χ3v) is 12.7. The molecule has 0 bridgehead atoms. The van der Waals surface area contributed by atoms with Gasteiger partial charge in [-0.05, 0) is 31.8 Å². The molecule has 1 fully saturated rings. The molecule has 2 unspecified atom stereocenters. The Bertz CT molecular complexity index is 2200. The molecule has 28 heteroatoms. The van der Waals surface area contributed by atoms with E-state index in [0.717, 1.165) is 54.7 Å². The Morgan fingerprint density at radius 1 is 0.938 bits per heavy atom. The topological polar surface area (TPSA) is 364 Å². The van der Waals surface area contributed by atoms with Crippen LogP contribution in [0, 0.1) is 5.41 Å². The smallest absolute Gasteiger partial charge is 0.386 e. The summed E-state index contributed by atoms with van der Waals surface area (Å²) in [4.78, 5) is 88.0. The number of amides is 2. The molecule has 3 rings (SSSR count). The zero-order chi connectivity index (χ0) is 48.3. The molecule has 24 nitrogen and oxygen atoms in total. The number of fused-ring (bicyclic) bond motifs is 1. The molecule has 1 saturated heterocycles. The van der Waals surface area contributed by atoms with Crippen molar-refractivity contribution < 1.29 is 80.5 Å². The lowest BCUT2D eigenvalue weighted by atomic mass is 9.87. The molecule has 2 aromatic heterocycles. The molecule has 0 spiro atoms. The summed E-state index contributed by atoms with van der Waals surface area (Å²) in [5, 5.41) is 26.3. The number of anilines is 1. The van der Waals surface area contributed by atoms with Gasteiger partial charge in [-0.3, -0.25) is 32.5 Å². The monoisotopic (exact) mass is 995 g/mol. The number of rotatable bonds is 28. The average Bonchev–Trinajstić information content (AvgIpc) is 3.79. The number of phosphoric acid groups is 3. The van der Waals surface area contributed by atoms with E-state index in [1.165, 1.54) is 19.9 Å². The third-order valence-electron chi connectivity index (χ3n) is 8.78. The second-order valence-electron chi connectivity index (χ2n) is 14.6. The molecule has 2 aromatic rings. The molecule has 2 amide bonds. The van der Waals surface area contributed by atoms with E-state index in [1.54, 1.807) is 12.2 Å². The molecule has 10 N–H and O–H groups in total. The number of aliphatic hydroxyl groups excluding tert-OH is 2. The molecule has 0 radical (unpaired) electrons. The van der Waals surface area contributed by atoms with E-state index in [0.29, 0.717) is 5.75 Å². The van der Waals surface area contributed by atoms with E-state index >= 15 is 0 Å². The first-order valence-corrected chi connectivity index (χ1v) is 25.4. The lowest BCUT2D eigenvalue weighted by Crippen LogP contribution is -2.46. The van der Waals surface area contributed by atoms with Crippen molar-refractivity contribution in [3.63, 3.8) is 0 Å². The van der Waals surface area contributed by atoms with Gasteiger partial charge in [-0.15, -0.1) is 0 Å². The van der Waals surface area contributed by atoms with E-state index in [2.05, 4.69) is 71.7 Å². The van der Waals surface area contributed by atoms with Crippen molar-refractivity contribution in [2.45, 2.75) is 83.5 Å². The minimum Gasteiger partial charge on any atom is -0.386 e. The van der Waals surface area contributed by atoms with Crippen molar-refractivity contribution in [1.29, 1.82) is 0 Å². The molecule has 362 valence electrons. The van der Waals surface area contributed by atoms with Crippen LogP contribution in [0.15, 0.2) is 73.4 Å². The number of aliphatic hydroxyl groups is 2. The summed E-state index contributed by atoms with van der Waals surface area (Å²) in [5.74, 6) is -1.18. The van der Waals surface area contributed by atoms with Crippen LogP contribution in [0.25, 0.3) is 11.2 Å². The number of allylic oxidation sites excluding steroid dienone is 9. The van der Waals surface area contributed by atoms with E-state index in [-0.39, 0.29) is 41.6 Å². The van der Waals surface area contributed by atoms with Crippen LogP contribution in [0.3, 0.4) is 0 Å². The first-order valence-electron chi connectivity index (χ1n) is 19.9.